The highest BCUT2D eigenvalue weighted by Crippen LogP contribution is 2.39. The highest BCUT2D eigenvalue weighted by atomic mass is 16.5. The Morgan fingerprint density at radius 3 is 1.96 bits per heavy atom. The molecule has 0 saturated carbocycles. The monoisotopic (exact) mass is 360 g/mol. The molecule has 1 unspecified atom stereocenters. The highest BCUT2D eigenvalue weighted by Gasteiger charge is 2.21. The summed E-state index contributed by atoms with van der Waals surface area (Å²) in [5.74, 6) is 1.41. The number of phenols is 1. The molecule has 2 aromatic rings. The van der Waals surface area contributed by atoms with Gasteiger partial charge in [-0.05, 0) is 36.2 Å². The first kappa shape index (κ1) is 19.4. The molecular formula is C20H24O6. The Morgan fingerprint density at radius 2 is 1.50 bits per heavy atom. The fraction of sp³-hybridized carbons (Fsp3) is 0.350. The third kappa shape index (κ3) is 4.02. The lowest BCUT2D eigenvalue weighted by atomic mass is 9.92. The Bertz CT molecular complexity index is 759. The van der Waals surface area contributed by atoms with Gasteiger partial charge >= 0.3 is 0 Å². The summed E-state index contributed by atoms with van der Waals surface area (Å²) in [5, 5.41) is 9.90. The number of aromatic hydroxyl groups is 1. The Hall–Kier alpha value is -2.89. The van der Waals surface area contributed by atoms with Gasteiger partial charge in [0.05, 0.1) is 28.4 Å². The van der Waals surface area contributed by atoms with Crippen LogP contribution in [0, 0.1) is 5.92 Å². The molecule has 0 heterocycles. The quantitative estimate of drug-likeness (QED) is 0.727. The van der Waals surface area contributed by atoms with Gasteiger partial charge in [0.2, 0.25) is 5.75 Å². The van der Waals surface area contributed by atoms with Crippen molar-refractivity contribution in [3.8, 4) is 28.7 Å². The van der Waals surface area contributed by atoms with Crippen LogP contribution in [0.1, 0.15) is 22.8 Å². The zero-order valence-corrected chi connectivity index (χ0v) is 15.7. The van der Waals surface area contributed by atoms with Gasteiger partial charge in [-0.15, -0.1) is 0 Å². The lowest BCUT2D eigenvalue weighted by molar-refractivity contribution is 0.0928. The third-order valence-electron chi connectivity index (χ3n) is 4.18. The van der Waals surface area contributed by atoms with E-state index in [2.05, 4.69) is 0 Å². The summed E-state index contributed by atoms with van der Waals surface area (Å²) in [6.45, 7) is 1.84. The minimum absolute atomic E-state index is 0.0532. The second-order valence-electron chi connectivity index (χ2n) is 5.89. The summed E-state index contributed by atoms with van der Waals surface area (Å²) in [6.07, 6.45) is 0.479. The molecule has 0 bridgehead atoms. The molecule has 1 atom stereocenters. The van der Waals surface area contributed by atoms with Crippen LogP contribution in [-0.2, 0) is 6.42 Å². The molecule has 1 N–H and O–H groups in total. The Balaban J connectivity index is 2.26. The topological polar surface area (TPSA) is 74.2 Å². The predicted molar refractivity (Wildman–Crippen MR) is 98.0 cm³/mol. The van der Waals surface area contributed by atoms with Crippen LogP contribution in [-0.4, -0.2) is 39.3 Å². The number of hydrogen-bond acceptors (Lipinski definition) is 6. The minimum atomic E-state index is -0.300. The maximum atomic E-state index is 12.9. The summed E-state index contributed by atoms with van der Waals surface area (Å²) in [6, 6.07) is 8.41. The van der Waals surface area contributed by atoms with Crippen LogP contribution in [0.25, 0.3) is 0 Å². The molecule has 2 rings (SSSR count). The molecule has 6 nitrogen and oxygen atoms in total. The van der Waals surface area contributed by atoms with Crippen LogP contribution >= 0.6 is 0 Å². The minimum Gasteiger partial charge on any atom is -0.504 e. The van der Waals surface area contributed by atoms with E-state index in [4.69, 9.17) is 18.9 Å². The van der Waals surface area contributed by atoms with Gasteiger partial charge in [-0.3, -0.25) is 4.79 Å². The van der Waals surface area contributed by atoms with Gasteiger partial charge < -0.3 is 24.1 Å². The molecule has 0 aliphatic carbocycles. The standard InChI is InChI=1S/C20H24O6/c1-12(8-13-6-7-16(23-2)15(21)9-13)19(22)14-10-17(24-3)20(26-5)18(11-14)25-4/h6-7,9-12,21H,8H2,1-5H3. The molecule has 0 radical (unpaired) electrons. The van der Waals surface area contributed by atoms with E-state index in [0.29, 0.717) is 35.0 Å². The van der Waals surface area contributed by atoms with Crippen LogP contribution in [0.15, 0.2) is 30.3 Å². The molecule has 0 amide bonds. The van der Waals surface area contributed by atoms with Crippen LogP contribution in [0.5, 0.6) is 28.7 Å². The van der Waals surface area contributed by atoms with Gasteiger partial charge in [-0.1, -0.05) is 13.0 Å². The number of methoxy groups -OCH3 is 4. The van der Waals surface area contributed by atoms with Gasteiger partial charge in [0.25, 0.3) is 0 Å². The number of ketones is 1. The van der Waals surface area contributed by atoms with Gasteiger partial charge in [0, 0.05) is 11.5 Å². The number of benzene rings is 2. The third-order valence-corrected chi connectivity index (χ3v) is 4.18. The van der Waals surface area contributed by atoms with E-state index in [-0.39, 0.29) is 17.5 Å². The molecule has 0 aliphatic rings. The van der Waals surface area contributed by atoms with Crippen molar-refractivity contribution in [3.63, 3.8) is 0 Å². The van der Waals surface area contributed by atoms with E-state index in [1.165, 1.54) is 28.4 Å². The van der Waals surface area contributed by atoms with Gasteiger partial charge in [-0.2, -0.15) is 0 Å². The number of carbonyl (C=O) groups is 1. The Morgan fingerprint density at radius 1 is 0.923 bits per heavy atom. The highest BCUT2D eigenvalue weighted by molar-refractivity contribution is 5.99. The van der Waals surface area contributed by atoms with Gasteiger partial charge in [0.1, 0.15) is 0 Å². The molecule has 0 saturated heterocycles. The van der Waals surface area contributed by atoms with Crippen molar-refractivity contribution < 1.29 is 28.8 Å². The lowest BCUT2D eigenvalue weighted by Crippen LogP contribution is -2.14. The first-order valence-electron chi connectivity index (χ1n) is 8.15. The van der Waals surface area contributed by atoms with E-state index in [1.807, 2.05) is 13.0 Å². The Labute approximate surface area is 153 Å². The van der Waals surface area contributed by atoms with Crippen molar-refractivity contribution in [1.29, 1.82) is 0 Å². The number of rotatable bonds is 8. The van der Waals surface area contributed by atoms with E-state index in [1.54, 1.807) is 24.3 Å². The van der Waals surface area contributed by atoms with Crippen LogP contribution < -0.4 is 18.9 Å². The molecule has 140 valence electrons. The number of Topliss-reactive ketones (excluding diaryl/α,β-unsaturated/α-hetero) is 1. The first-order chi connectivity index (χ1) is 12.4. The van der Waals surface area contributed by atoms with Crippen molar-refractivity contribution in [2.75, 3.05) is 28.4 Å². The maximum absolute atomic E-state index is 12.9. The smallest absolute Gasteiger partial charge is 0.203 e. The molecular weight excluding hydrogens is 336 g/mol. The van der Waals surface area contributed by atoms with E-state index >= 15 is 0 Å². The molecule has 0 spiro atoms. The molecule has 0 fully saturated rings. The summed E-state index contributed by atoms with van der Waals surface area (Å²) >= 11 is 0. The molecule has 26 heavy (non-hydrogen) atoms. The zero-order valence-electron chi connectivity index (χ0n) is 15.7. The van der Waals surface area contributed by atoms with Crippen molar-refractivity contribution >= 4 is 5.78 Å². The number of phenolic OH excluding ortho intramolecular Hbond substituents is 1. The number of ether oxygens (including phenoxy) is 4. The van der Waals surface area contributed by atoms with Gasteiger partial charge in [-0.25, -0.2) is 0 Å². The number of carbonyl (C=O) groups excluding carboxylic acids is 1. The van der Waals surface area contributed by atoms with Crippen molar-refractivity contribution in [2.24, 2.45) is 5.92 Å². The molecule has 2 aromatic carbocycles. The summed E-state index contributed by atoms with van der Waals surface area (Å²) in [7, 11) is 6.02. The normalized spacial score (nSPS) is 11.6. The second-order valence-corrected chi connectivity index (χ2v) is 5.89. The van der Waals surface area contributed by atoms with Crippen LogP contribution in [0.4, 0.5) is 0 Å². The predicted octanol–water partition coefficient (Wildman–Crippen LogP) is 3.49. The van der Waals surface area contributed by atoms with E-state index in [0.717, 1.165) is 5.56 Å². The van der Waals surface area contributed by atoms with Crippen LogP contribution in [0.2, 0.25) is 0 Å². The average molecular weight is 360 g/mol. The largest absolute Gasteiger partial charge is 0.504 e. The van der Waals surface area contributed by atoms with Crippen LogP contribution in [0.3, 0.4) is 0 Å². The lowest BCUT2D eigenvalue weighted by Gasteiger charge is -2.16. The molecule has 6 heteroatoms. The summed E-state index contributed by atoms with van der Waals surface area (Å²) in [4.78, 5) is 12.9. The fourth-order valence-corrected chi connectivity index (χ4v) is 2.82. The number of hydrogen-bond donors (Lipinski definition) is 1. The Kier molecular flexibility index (Phi) is 6.33. The molecule has 0 aromatic heterocycles. The summed E-state index contributed by atoms with van der Waals surface area (Å²) < 4.78 is 20.9. The van der Waals surface area contributed by atoms with E-state index in [9.17, 15) is 9.90 Å². The zero-order chi connectivity index (χ0) is 19.3. The van der Waals surface area contributed by atoms with Crippen molar-refractivity contribution in [1.82, 2.24) is 0 Å². The molecule has 0 aliphatic heterocycles. The summed E-state index contributed by atoms with van der Waals surface area (Å²) in [5.41, 5.74) is 1.32. The van der Waals surface area contributed by atoms with Crippen molar-refractivity contribution in [3.05, 3.63) is 41.5 Å². The first-order valence-corrected chi connectivity index (χ1v) is 8.15. The average Bonchev–Trinajstić information content (AvgIpc) is 2.66. The van der Waals surface area contributed by atoms with Gasteiger partial charge in [0.15, 0.2) is 28.8 Å². The fourth-order valence-electron chi connectivity index (χ4n) is 2.82. The SMILES string of the molecule is COc1ccc(CC(C)C(=O)c2cc(OC)c(OC)c(OC)c2)cc1O. The van der Waals surface area contributed by atoms with E-state index < -0.39 is 0 Å². The maximum Gasteiger partial charge on any atom is 0.203 e. The van der Waals surface area contributed by atoms with Crippen molar-refractivity contribution in [2.45, 2.75) is 13.3 Å². The second kappa shape index (κ2) is 8.47.